The monoisotopic (exact) mass is 390 g/mol. The zero-order valence-corrected chi connectivity index (χ0v) is 17.6. The highest BCUT2D eigenvalue weighted by molar-refractivity contribution is 5.77. The summed E-state index contributed by atoms with van der Waals surface area (Å²) < 4.78 is 11.1. The van der Waals surface area contributed by atoms with Crippen LogP contribution in [0.25, 0.3) is 0 Å². The molecule has 1 aromatic rings. The fourth-order valence-corrected chi connectivity index (χ4v) is 3.28. The number of hydrogen-bond donors (Lipinski definition) is 1. The van der Waals surface area contributed by atoms with Crippen LogP contribution in [0.4, 0.5) is 4.79 Å². The van der Waals surface area contributed by atoms with Crippen molar-refractivity contribution in [2.75, 3.05) is 19.7 Å². The Bertz CT molecular complexity index is 627. The summed E-state index contributed by atoms with van der Waals surface area (Å²) in [4.78, 5) is 26.4. The van der Waals surface area contributed by atoms with Crippen LogP contribution < -0.4 is 5.32 Å². The smallest absolute Gasteiger partial charge is 0.407 e. The van der Waals surface area contributed by atoms with E-state index >= 15 is 0 Å². The Labute approximate surface area is 168 Å². The zero-order chi connectivity index (χ0) is 20.6. The minimum absolute atomic E-state index is 0.0477. The van der Waals surface area contributed by atoms with Gasteiger partial charge in [-0.15, -0.1) is 0 Å². The first-order valence-corrected chi connectivity index (χ1v) is 10.1. The Balaban J connectivity index is 1.71. The molecular weight excluding hydrogens is 356 g/mol. The summed E-state index contributed by atoms with van der Waals surface area (Å²) in [6, 6.07) is 10.2. The van der Waals surface area contributed by atoms with Gasteiger partial charge in [-0.25, -0.2) is 4.79 Å². The van der Waals surface area contributed by atoms with Crippen molar-refractivity contribution in [3.05, 3.63) is 35.9 Å². The zero-order valence-electron chi connectivity index (χ0n) is 17.6. The van der Waals surface area contributed by atoms with Crippen LogP contribution in [0.2, 0.25) is 0 Å². The lowest BCUT2D eigenvalue weighted by molar-refractivity contribution is -0.134. The van der Waals surface area contributed by atoms with E-state index in [-0.39, 0.29) is 17.9 Å². The molecule has 6 nitrogen and oxygen atoms in total. The minimum atomic E-state index is -0.522. The van der Waals surface area contributed by atoms with Crippen molar-refractivity contribution in [2.45, 2.75) is 65.2 Å². The Hall–Kier alpha value is -2.08. The summed E-state index contributed by atoms with van der Waals surface area (Å²) in [6.07, 6.45) is 1.95. The van der Waals surface area contributed by atoms with E-state index in [0.29, 0.717) is 26.2 Å². The lowest BCUT2D eigenvalue weighted by Crippen LogP contribution is -2.40. The normalized spacial score (nSPS) is 18.0. The van der Waals surface area contributed by atoms with Gasteiger partial charge >= 0.3 is 6.09 Å². The first-order chi connectivity index (χ1) is 13.2. The predicted molar refractivity (Wildman–Crippen MR) is 109 cm³/mol. The average molecular weight is 391 g/mol. The quantitative estimate of drug-likeness (QED) is 0.734. The number of ether oxygens (including phenoxy) is 2. The highest BCUT2D eigenvalue weighted by Gasteiger charge is 2.29. The molecule has 1 heterocycles. The summed E-state index contributed by atoms with van der Waals surface area (Å²) >= 11 is 0. The van der Waals surface area contributed by atoms with Crippen molar-refractivity contribution in [2.24, 2.45) is 5.92 Å². The molecule has 0 aromatic heterocycles. The number of alkyl carbamates (subject to hydrolysis) is 1. The maximum atomic E-state index is 12.7. The first-order valence-electron chi connectivity index (χ1n) is 10.1. The van der Waals surface area contributed by atoms with Crippen LogP contribution in [0.5, 0.6) is 0 Å². The summed E-state index contributed by atoms with van der Waals surface area (Å²) in [6.45, 7) is 9.77. The highest BCUT2D eigenvalue weighted by Crippen LogP contribution is 2.20. The van der Waals surface area contributed by atoms with Crippen LogP contribution in [0.15, 0.2) is 30.3 Å². The number of hydrogen-bond acceptors (Lipinski definition) is 4. The van der Waals surface area contributed by atoms with Gasteiger partial charge in [-0.1, -0.05) is 37.3 Å². The molecule has 1 aromatic carbocycles. The Morgan fingerprint density at radius 1 is 1.25 bits per heavy atom. The van der Waals surface area contributed by atoms with Crippen molar-refractivity contribution in [3.8, 4) is 0 Å². The van der Waals surface area contributed by atoms with E-state index in [2.05, 4.69) is 5.32 Å². The second kappa shape index (κ2) is 10.5. The number of rotatable bonds is 8. The predicted octanol–water partition coefficient (Wildman–Crippen LogP) is 3.75. The summed E-state index contributed by atoms with van der Waals surface area (Å²) in [7, 11) is 0. The largest absolute Gasteiger partial charge is 0.444 e. The van der Waals surface area contributed by atoms with Gasteiger partial charge in [0.1, 0.15) is 5.60 Å². The molecule has 1 aliphatic rings. The molecule has 1 N–H and O–H groups in total. The average Bonchev–Trinajstić information content (AvgIpc) is 3.08. The van der Waals surface area contributed by atoms with Gasteiger partial charge in [0.05, 0.1) is 19.3 Å². The number of amides is 2. The minimum Gasteiger partial charge on any atom is -0.444 e. The summed E-state index contributed by atoms with van der Waals surface area (Å²) in [5.74, 6) is 0.177. The number of nitrogens with one attached hydrogen (secondary N) is 1. The van der Waals surface area contributed by atoms with Crippen LogP contribution in [0.3, 0.4) is 0 Å². The molecule has 28 heavy (non-hydrogen) atoms. The lowest BCUT2D eigenvalue weighted by atomic mass is 10.1. The van der Waals surface area contributed by atoms with E-state index in [1.54, 1.807) is 0 Å². The van der Waals surface area contributed by atoms with Crippen LogP contribution in [0, 0.1) is 5.92 Å². The van der Waals surface area contributed by atoms with Crippen molar-refractivity contribution < 1.29 is 19.1 Å². The molecule has 0 bridgehead atoms. The van der Waals surface area contributed by atoms with Crippen molar-refractivity contribution in [1.82, 2.24) is 10.2 Å². The van der Waals surface area contributed by atoms with Crippen molar-refractivity contribution in [1.29, 1.82) is 0 Å². The standard InChI is InChI=1S/C22H34N2O4/c1-17(14-23-21(26)28-22(2,3)4)13-20(25)24-12-8-11-19(24)16-27-15-18-9-6-5-7-10-18/h5-7,9-10,17,19H,8,11-16H2,1-4H3,(H,23,26). The van der Waals surface area contributed by atoms with Gasteiger partial charge < -0.3 is 19.7 Å². The molecule has 0 radical (unpaired) electrons. The third-order valence-corrected chi connectivity index (χ3v) is 4.64. The SMILES string of the molecule is CC(CNC(=O)OC(C)(C)C)CC(=O)N1CCCC1COCc1ccccc1. The molecule has 0 aliphatic carbocycles. The highest BCUT2D eigenvalue weighted by atomic mass is 16.6. The molecule has 2 amide bonds. The van der Waals surface area contributed by atoms with Gasteiger partial charge in [-0.3, -0.25) is 4.79 Å². The second-order valence-electron chi connectivity index (χ2n) is 8.58. The van der Waals surface area contributed by atoms with Crippen LogP contribution >= 0.6 is 0 Å². The number of benzene rings is 1. The molecule has 0 spiro atoms. The molecule has 2 atom stereocenters. The van der Waals surface area contributed by atoms with Crippen LogP contribution in [-0.4, -0.2) is 48.2 Å². The number of nitrogens with zero attached hydrogens (tertiary/aromatic N) is 1. The third kappa shape index (κ3) is 7.89. The molecular formula is C22H34N2O4. The second-order valence-corrected chi connectivity index (χ2v) is 8.58. The third-order valence-electron chi connectivity index (χ3n) is 4.64. The first kappa shape index (κ1) is 22.2. The number of carbonyl (C=O) groups excluding carboxylic acids is 2. The van der Waals surface area contributed by atoms with Crippen molar-refractivity contribution >= 4 is 12.0 Å². The van der Waals surface area contributed by atoms with Gasteiger partial charge in [0.15, 0.2) is 0 Å². The molecule has 1 saturated heterocycles. The van der Waals surface area contributed by atoms with Gasteiger partial charge in [0.2, 0.25) is 5.91 Å². The van der Waals surface area contributed by atoms with E-state index in [1.165, 1.54) is 0 Å². The summed E-state index contributed by atoms with van der Waals surface area (Å²) in [5, 5.41) is 2.74. The summed E-state index contributed by atoms with van der Waals surface area (Å²) in [5.41, 5.74) is 0.617. The van der Waals surface area contributed by atoms with Crippen molar-refractivity contribution in [3.63, 3.8) is 0 Å². The molecule has 156 valence electrons. The molecule has 0 saturated carbocycles. The number of likely N-dealkylation sites (tertiary alicyclic amines) is 1. The molecule has 2 rings (SSSR count). The van der Waals surface area contributed by atoms with E-state index < -0.39 is 11.7 Å². The Kier molecular flexibility index (Phi) is 8.30. The van der Waals surface area contributed by atoms with Gasteiger partial charge in [0, 0.05) is 19.5 Å². The lowest BCUT2D eigenvalue weighted by Gasteiger charge is -2.26. The maximum Gasteiger partial charge on any atom is 0.407 e. The van der Waals surface area contributed by atoms with Gasteiger partial charge in [-0.2, -0.15) is 0 Å². The Morgan fingerprint density at radius 2 is 1.96 bits per heavy atom. The molecule has 2 unspecified atom stereocenters. The van der Waals surface area contributed by atoms with E-state index in [4.69, 9.17) is 9.47 Å². The number of carbonyl (C=O) groups is 2. The topological polar surface area (TPSA) is 67.9 Å². The fourth-order valence-electron chi connectivity index (χ4n) is 3.28. The molecule has 1 fully saturated rings. The van der Waals surface area contributed by atoms with Gasteiger partial charge in [0.25, 0.3) is 0 Å². The van der Waals surface area contributed by atoms with Crippen LogP contribution in [-0.2, 0) is 20.9 Å². The van der Waals surface area contributed by atoms with E-state index in [9.17, 15) is 9.59 Å². The Morgan fingerprint density at radius 3 is 2.64 bits per heavy atom. The van der Waals surface area contributed by atoms with E-state index in [0.717, 1.165) is 24.9 Å². The molecule has 1 aliphatic heterocycles. The van der Waals surface area contributed by atoms with Gasteiger partial charge in [-0.05, 0) is 45.1 Å². The fraction of sp³-hybridized carbons (Fsp3) is 0.636. The maximum absolute atomic E-state index is 12.7. The molecule has 6 heteroatoms. The van der Waals surface area contributed by atoms with Crippen LogP contribution in [0.1, 0.15) is 52.5 Å². The van der Waals surface area contributed by atoms with E-state index in [1.807, 2.05) is 62.9 Å².